The number of hydrogen-bond donors (Lipinski definition) is 3. The summed E-state index contributed by atoms with van der Waals surface area (Å²) in [6.07, 6.45) is 0. The average molecular weight is 293 g/mol. The van der Waals surface area contributed by atoms with Gasteiger partial charge in [-0.05, 0) is 39.9 Å². The molecule has 0 aliphatic rings. The van der Waals surface area contributed by atoms with Gasteiger partial charge in [0.25, 0.3) is 0 Å². The van der Waals surface area contributed by atoms with Crippen LogP contribution in [0.25, 0.3) is 0 Å². The van der Waals surface area contributed by atoms with Gasteiger partial charge in [-0.1, -0.05) is 0 Å². The first-order valence-corrected chi connectivity index (χ1v) is 6.18. The van der Waals surface area contributed by atoms with Crippen LogP contribution in [0.4, 0.5) is 4.79 Å². The molecule has 6 heteroatoms. The van der Waals surface area contributed by atoms with Gasteiger partial charge >= 0.3 is 6.03 Å². The SMILES string of the molecule is C[C@@H](CO)NC(=O)NCc1ccsc1Br. The molecule has 0 aliphatic heterocycles. The molecule has 1 aromatic rings. The number of aliphatic hydroxyl groups excluding tert-OH is 1. The Bertz CT molecular complexity index is 330. The van der Waals surface area contributed by atoms with Crippen LogP contribution in [0.2, 0.25) is 0 Å². The third-order valence-electron chi connectivity index (χ3n) is 1.78. The van der Waals surface area contributed by atoms with E-state index >= 15 is 0 Å². The van der Waals surface area contributed by atoms with Crippen molar-refractivity contribution in [2.24, 2.45) is 0 Å². The summed E-state index contributed by atoms with van der Waals surface area (Å²) in [6, 6.07) is 1.45. The molecule has 0 unspecified atom stereocenters. The lowest BCUT2D eigenvalue weighted by Crippen LogP contribution is -2.41. The van der Waals surface area contributed by atoms with Gasteiger partial charge in [-0.25, -0.2) is 4.79 Å². The number of amides is 2. The van der Waals surface area contributed by atoms with Crippen LogP contribution in [0, 0.1) is 0 Å². The number of aliphatic hydroxyl groups is 1. The van der Waals surface area contributed by atoms with Gasteiger partial charge < -0.3 is 15.7 Å². The molecular formula is C9H13BrN2O2S. The number of nitrogens with one attached hydrogen (secondary N) is 2. The summed E-state index contributed by atoms with van der Waals surface area (Å²) in [6.45, 7) is 2.16. The van der Waals surface area contributed by atoms with Gasteiger partial charge in [0.1, 0.15) is 0 Å². The molecule has 4 nitrogen and oxygen atoms in total. The Hall–Kier alpha value is -0.590. The van der Waals surface area contributed by atoms with Crippen molar-refractivity contribution in [2.45, 2.75) is 19.5 Å². The van der Waals surface area contributed by atoms with Crippen LogP contribution in [-0.4, -0.2) is 23.8 Å². The summed E-state index contributed by atoms with van der Waals surface area (Å²) >= 11 is 4.97. The van der Waals surface area contributed by atoms with Gasteiger partial charge in [-0.2, -0.15) is 0 Å². The first kappa shape index (κ1) is 12.5. The standard InChI is InChI=1S/C9H13BrN2O2S/c1-6(5-13)12-9(14)11-4-7-2-3-15-8(7)10/h2-3,6,13H,4-5H2,1H3,(H2,11,12,14)/t6-/m0/s1. The van der Waals surface area contributed by atoms with E-state index in [1.165, 1.54) is 0 Å². The number of thiophene rings is 1. The van der Waals surface area contributed by atoms with Crippen molar-refractivity contribution < 1.29 is 9.90 Å². The smallest absolute Gasteiger partial charge is 0.315 e. The van der Waals surface area contributed by atoms with E-state index < -0.39 is 0 Å². The summed E-state index contributed by atoms with van der Waals surface area (Å²) < 4.78 is 1.03. The van der Waals surface area contributed by atoms with Gasteiger partial charge in [0.15, 0.2) is 0 Å². The van der Waals surface area contributed by atoms with Crippen LogP contribution in [0.3, 0.4) is 0 Å². The Labute approximate surface area is 101 Å². The molecule has 84 valence electrons. The Morgan fingerprint density at radius 3 is 3.00 bits per heavy atom. The fourth-order valence-electron chi connectivity index (χ4n) is 0.941. The molecule has 1 rings (SSSR count). The lowest BCUT2D eigenvalue weighted by atomic mass is 10.3. The van der Waals surface area contributed by atoms with Crippen LogP contribution >= 0.6 is 27.3 Å². The number of carbonyl (C=O) groups excluding carboxylic acids is 1. The van der Waals surface area contributed by atoms with Crippen molar-refractivity contribution in [3.05, 3.63) is 20.8 Å². The summed E-state index contributed by atoms with van der Waals surface area (Å²) in [5.41, 5.74) is 1.05. The molecule has 0 saturated carbocycles. The molecule has 1 aromatic heterocycles. The van der Waals surface area contributed by atoms with Gasteiger partial charge in [0.2, 0.25) is 0 Å². The molecule has 0 spiro atoms. The first-order valence-electron chi connectivity index (χ1n) is 4.50. The second kappa shape index (κ2) is 6.09. The highest BCUT2D eigenvalue weighted by Gasteiger charge is 2.06. The zero-order chi connectivity index (χ0) is 11.3. The van der Waals surface area contributed by atoms with Crippen LogP contribution < -0.4 is 10.6 Å². The van der Waals surface area contributed by atoms with Crippen molar-refractivity contribution >= 4 is 33.3 Å². The van der Waals surface area contributed by atoms with Crippen molar-refractivity contribution in [3.63, 3.8) is 0 Å². The van der Waals surface area contributed by atoms with E-state index in [1.807, 2.05) is 11.4 Å². The largest absolute Gasteiger partial charge is 0.394 e. The zero-order valence-electron chi connectivity index (χ0n) is 8.29. The molecule has 2 amide bonds. The summed E-state index contributed by atoms with van der Waals surface area (Å²) in [5, 5.41) is 16.0. The van der Waals surface area contributed by atoms with Crippen molar-refractivity contribution in [1.29, 1.82) is 0 Å². The number of rotatable bonds is 4. The zero-order valence-corrected chi connectivity index (χ0v) is 10.7. The maximum atomic E-state index is 11.3. The van der Waals surface area contributed by atoms with E-state index in [9.17, 15) is 4.79 Å². The van der Waals surface area contributed by atoms with Gasteiger partial charge in [-0.15, -0.1) is 11.3 Å². The van der Waals surface area contributed by atoms with E-state index in [0.717, 1.165) is 9.35 Å². The lowest BCUT2D eigenvalue weighted by Gasteiger charge is -2.11. The second-order valence-corrected chi connectivity index (χ2v) is 5.36. The number of urea groups is 1. The maximum absolute atomic E-state index is 11.3. The molecule has 0 bridgehead atoms. The quantitative estimate of drug-likeness (QED) is 0.791. The Morgan fingerprint density at radius 2 is 2.47 bits per heavy atom. The summed E-state index contributed by atoms with van der Waals surface area (Å²) in [4.78, 5) is 11.3. The average Bonchev–Trinajstić information content (AvgIpc) is 2.61. The highest BCUT2D eigenvalue weighted by molar-refractivity contribution is 9.11. The maximum Gasteiger partial charge on any atom is 0.315 e. The molecule has 0 fully saturated rings. The fraction of sp³-hybridized carbons (Fsp3) is 0.444. The van der Waals surface area contributed by atoms with Gasteiger partial charge in [0, 0.05) is 6.54 Å². The van der Waals surface area contributed by atoms with E-state index in [-0.39, 0.29) is 18.7 Å². The minimum absolute atomic E-state index is 0.0600. The minimum Gasteiger partial charge on any atom is -0.394 e. The highest BCUT2D eigenvalue weighted by Crippen LogP contribution is 2.22. The summed E-state index contributed by atoms with van der Waals surface area (Å²) in [5.74, 6) is 0. The van der Waals surface area contributed by atoms with Gasteiger partial charge in [-0.3, -0.25) is 0 Å². The minimum atomic E-state index is -0.269. The lowest BCUT2D eigenvalue weighted by molar-refractivity contribution is 0.220. The highest BCUT2D eigenvalue weighted by atomic mass is 79.9. The molecule has 3 N–H and O–H groups in total. The molecule has 0 saturated heterocycles. The second-order valence-electron chi connectivity index (χ2n) is 3.13. The molecular weight excluding hydrogens is 280 g/mol. The third kappa shape index (κ3) is 4.19. The molecule has 0 aromatic carbocycles. The predicted molar refractivity (Wildman–Crippen MR) is 63.9 cm³/mol. The van der Waals surface area contributed by atoms with Crippen molar-refractivity contribution in [3.8, 4) is 0 Å². The van der Waals surface area contributed by atoms with Gasteiger partial charge in [0.05, 0.1) is 16.4 Å². The first-order chi connectivity index (χ1) is 7.13. The molecule has 15 heavy (non-hydrogen) atoms. The Kier molecular flexibility index (Phi) is 5.07. The Morgan fingerprint density at radius 1 is 1.73 bits per heavy atom. The molecule has 0 radical (unpaired) electrons. The normalized spacial score (nSPS) is 12.2. The Balaban J connectivity index is 2.31. The van der Waals surface area contributed by atoms with E-state index in [0.29, 0.717) is 6.54 Å². The fourth-order valence-corrected chi connectivity index (χ4v) is 2.18. The topological polar surface area (TPSA) is 61.4 Å². The number of carbonyl (C=O) groups is 1. The number of hydrogen-bond acceptors (Lipinski definition) is 3. The predicted octanol–water partition coefficient (Wildman–Crippen LogP) is 1.69. The number of halogens is 1. The van der Waals surface area contributed by atoms with Crippen LogP contribution in [0.15, 0.2) is 15.2 Å². The molecule has 1 atom stereocenters. The monoisotopic (exact) mass is 292 g/mol. The van der Waals surface area contributed by atoms with E-state index in [4.69, 9.17) is 5.11 Å². The van der Waals surface area contributed by atoms with Crippen molar-refractivity contribution in [2.75, 3.05) is 6.61 Å². The van der Waals surface area contributed by atoms with E-state index in [1.54, 1.807) is 18.3 Å². The van der Waals surface area contributed by atoms with Crippen LogP contribution in [0.1, 0.15) is 12.5 Å². The molecule has 1 heterocycles. The van der Waals surface area contributed by atoms with Crippen LogP contribution in [-0.2, 0) is 6.54 Å². The third-order valence-corrected chi connectivity index (χ3v) is 3.60. The molecule has 0 aliphatic carbocycles. The summed E-state index contributed by atoms with van der Waals surface area (Å²) in [7, 11) is 0. The van der Waals surface area contributed by atoms with Crippen LogP contribution in [0.5, 0.6) is 0 Å². The van der Waals surface area contributed by atoms with E-state index in [2.05, 4.69) is 26.6 Å². The van der Waals surface area contributed by atoms with Crippen molar-refractivity contribution in [1.82, 2.24) is 10.6 Å².